The fourth-order valence-electron chi connectivity index (χ4n) is 6.92. The molecule has 3 atom stereocenters. The number of amides is 1. The number of ether oxygens (including phenoxy) is 1. The van der Waals surface area contributed by atoms with Crippen LogP contribution in [-0.2, 0) is 22.4 Å². The molecular formula is C25H37N3O3. The molecule has 5 rings (SSSR count). The molecule has 1 N–H and O–H groups in total. The molecule has 0 spiro atoms. The van der Waals surface area contributed by atoms with Crippen molar-refractivity contribution in [3.05, 3.63) is 17.0 Å². The molecule has 1 aromatic heterocycles. The van der Waals surface area contributed by atoms with Crippen LogP contribution >= 0.6 is 0 Å². The van der Waals surface area contributed by atoms with Crippen molar-refractivity contribution < 1.29 is 14.3 Å². The molecule has 1 aromatic rings. The number of nitrogens with zero attached hydrogens (tertiary/aromatic N) is 2. The summed E-state index contributed by atoms with van der Waals surface area (Å²) in [7, 11) is 0. The van der Waals surface area contributed by atoms with Crippen molar-refractivity contribution in [2.75, 3.05) is 6.61 Å². The van der Waals surface area contributed by atoms with Gasteiger partial charge in [0.15, 0.2) is 5.69 Å². The molecule has 0 saturated heterocycles. The normalized spacial score (nSPS) is 30.6. The van der Waals surface area contributed by atoms with Gasteiger partial charge in [0.1, 0.15) is 5.54 Å². The predicted octanol–water partition coefficient (Wildman–Crippen LogP) is 4.51. The first-order valence-corrected chi connectivity index (χ1v) is 12.7. The predicted molar refractivity (Wildman–Crippen MR) is 118 cm³/mol. The fraction of sp³-hybridized carbons (Fsp3) is 0.800. The number of fused-ring (bicyclic) bond motifs is 3. The maximum absolute atomic E-state index is 13.7. The molecule has 3 unspecified atom stereocenters. The zero-order valence-corrected chi connectivity index (χ0v) is 19.0. The fourth-order valence-corrected chi connectivity index (χ4v) is 6.92. The molecule has 3 saturated carbocycles. The van der Waals surface area contributed by atoms with Crippen LogP contribution in [0.3, 0.4) is 0 Å². The first kappa shape index (κ1) is 21.0. The van der Waals surface area contributed by atoms with Crippen molar-refractivity contribution in [1.29, 1.82) is 0 Å². The zero-order chi connectivity index (χ0) is 21.4. The number of hydrogen-bond acceptors (Lipinski definition) is 4. The lowest BCUT2D eigenvalue weighted by Crippen LogP contribution is -2.58. The van der Waals surface area contributed by atoms with Crippen LogP contribution in [0.15, 0.2) is 0 Å². The highest BCUT2D eigenvalue weighted by molar-refractivity contribution is 5.98. The second-order valence-corrected chi connectivity index (χ2v) is 10.3. The Labute approximate surface area is 185 Å². The van der Waals surface area contributed by atoms with Gasteiger partial charge in [-0.2, -0.15) is 5.10 Å². The lowest BCUT2D eigenvalue weighted by molar-refractivity contribution is -0.153. The molecule has 170 valence electrons. The van der Waals surface area contributed by atoms with Gasteiger partial charge in [-0.25, -0.2) is 4.79 Å². The first-order chi connectivity index (χ1) is 15.1. The maximum atomic E-state index is 13.7. The van der Waals surface area contributed by atoms with Gasteiger partial charge in [0, 0.05) is 11.3 Å². The van der Waals surface area contributed by atoms with Gasteiger partial charge in [-0.3, -0.25) is 9.48 Å². The quantitative estimate of drug-likeness (QED) is 0.554. The van der Waals surface area contributed by atoms with Gasteiger partial charge < -0.3 is 10.1 Å². The molecule has 1 heterocycles. The van der Waals surface area contributed by atoms with Crippen molar-refractivity contribution in [3.63, 3.8) is 0 Å². The van der Waals surface area contributed by atoms with Crippen LogP contribution in [0.1, 0.15) is 112 Å². The summed E-state index contributed by atoms with van der Waals surface area (Å²) >= 11 is 0. The number of carbonyl (C=O) groups is 2. The van der Waals surface area contributed by atoms with Crippen LogP contribution in [0.5, 0.6) is 0 Å². The van der Waals surface area contributed by atoms with E-state index in [0.29, 0.717) is 30.7 Å². The van der Waals surface area contributed by atoms with Crippen LogP contribution in [0, 0.1) is 11.8 Å². The van der Waals surface area contributed by atoms with E-state index in [0.717, 1.165) is 56.9 Å². The molecular weight excluding hydrogens is 390 g/mol. The lowest BCUT2D eigenvalue weighted by Gasteiger charge is -2.35. The number of carbonyl (C=O) groups excluding carboxylic acids is 2. The molecule has 0 aromatic carbocycles. The average molecular weight is 428 g/mol. The lowest BCUT2D eigenvalue weighted by atomic mass is 9.80. The number of hydrogen-bond donors (Lipinski definition) is 1. The summed E-state index contributed by atoms with van der Waals surface area (Å²) in [6.07, 6.45) is 15.4. The van der Waals surface area contributed by atoms with Gasteiger partial charge >= 0.3 is 5.97 Å². The van der Waals surface area contributed by atoms with Crippen LogP contribution in [-0.4, -0.2) is 33.8 Å². The monoisotopic (exact) mass is 427 g/mol. The summed E-state index contributed by atoms with van der Waals surface area (Å²) in [5, 5.41) is 8.17. The minimum Gasteiger partial charge on any atom is -0.464 e. The average Bonchev–Trinajstić information content (AvgIpc) is 3.43. The Kier molecular flexibility index (Phi) is 5.82. The third kappa shape index (κ3) is 3.70. The molecule has 2 bridgehead atoms. The van der Waals surface area contributed by atoms with Gasteiger partial charge in [0.25, 0.3) is 5.91 Å². The third-order valence-electron chi connectivity index (χ3n) is 8.42. The molecule has 31 heavy (non-hydrogen) atoms. The van der Waals surface area contributed by atoms with Crippen LogP contribution in [0.25, 0.3) is 0 Å². The summed E-state index contributed by atoms with van der Waals surface area (Å²) < 4.78 is 7.69. The molecule has 0 radical (unpaired) electrons. The molecule has 6 nitrogen and oxygen atoms in total. The molecule has 4 aliphatic rings. The highest BCUT2D eigenvalue weighted by Gasteiger charge is 2.57. The van der Waals surface area contributed by atoms with E-state index in [1.807, 2.05) is 6.92 Å². The molecule has 3 fully saturated rings. The maximum Gasteiger partial charge on any atom is 0.332 e. The smallest absolute Gasteiger partial charge is 0.332 e. The highest BCUT2D eigenvalue weighted by atomic mass is 16.5. The summed E-state index contributed by atoms with van der Waals surface area (Å²) in [4.78, 5) is 26.7. The number of esters is 1. The van der Waals surface area contributed by atoms with E-state index in [9.17, 15) is 9.59 Å². The van der Waals surface area contributed by atoms with Gasteiger partial charge in [-0.05, 0) is 83.0 Å². The second kappa shape index (κ2) is 8.59. The van der Waals surface area contributed by atoms with Crippen LogP contribution < -0.4 is 5.32 Å². The van der Waals surface area contributed by atoms with E-state index in [1.165, 1.54) is 37.8 Å². The molecule has 1 amide bonds. The van der Waals surface area contributed by atoms with E-state index in [2.05, 4.69) is 10.00 Å². The van der Waals surface area contributed by atoms with Crippen molar-refractivity contribution in [1.82, 2.24) is 15.1 Å². The topological polar surface area (TPSA) is 73.2 Å². The van der Waals surface area contributed by atoms with E-state index >= 15 is 0 Å². The van der Waals surface area contributed by atoms with Gasteiger partial charge in [0.05, 0.1) is 12.6 Å². The Balaban J connectivity index is 1.47. The van der Waals surface area contributed by atoms with Gasteiger partial charge in [-0.1, -0.05) is 25.7 Å². The summed E-state index contributed by atoms with van der Waals surface area (Å²) in [6.45, 7) is 2.19. The SMILES string of the molecule is CCOC(=O)C1(NC(=O)c2nn(C3CCCCC3)c3c2CCCCC3)CC2CCC1C2. The van der Waals surface area contributed by atoms with E-state index < -0.39 is 5.54 Å². The Morgan fingerprint density at radius 3 is 2.55 bits per heavy atom. The van der Waals surface area contributed by atoms with Crippen molar-refractivity contribution in [2.45, 2.75) is 108 Å². The van der Waals surface area contributed by atoms with Crippen LogP contribution in [0.4, 0.5) is 0 Å². The van der Waals surface area contributed by atoms with Crippen molar-refractivity contribution in [3.8, 4) is 0 Å². The van der Waals surface area contributed by atoms with E-state index in [4.69, 9.17) is 9.84 Å². The van der Waals surface area contributed by atoms with E-state index in [1.54, 1.807) is 0 Å². The zero-order valence-electron chi connectivity index (χ0n) is 19.0. The Morgan fingerprint density at radius 2 is 1.84 bits per heavy atom. The largest absolute Gasteiger partial charge is 0.464 e. The standard InChI is InChI=1S/C25H37N3O3/c1-2-31-24(30)25(16-17-13-14-18(25)15-17)26-23(29)22-20-11-7-4-8-12-21(20)28(27-22)19-9-5-3-6-10-19/h17-19H,2-16H2,1H3,(H,26,29). The van der Waals surface area contributed by atoms with Crippen molar-refractivity contribution >= 4 is 11.9 Å². The minimum absolute atomic E-state index is 0.159. The Morgan fingerprint density at radius 1 is 1.06 bits per heavy atom. The van der Waals surface area contributed by atoms with Crippen LogP contribution in [0.2, 0.25) is 0 Å². The number of nitrogens with one attached hydrogen (secondary N) is 1. The highest BCUT2D eigenvalue weighted by Crippen LogP contribution is 2.51. The summed E-state index contributed by atoms with van der Waals surface area (Å²) in [5.74, 6) is 0.313. The molecule has 4 aliphatic carbocycles. The summed E-state index contributed by atoms with van der Waals surface area (Å²) in [6, 6.07) is 0.420. The van der Waals surface area contributed by atoms with Gasteiger partial charge in [0.2, 0.25) is 0 Å². The second-order valence-electron chi connectivity index (χ2n) is 10.3. The minimum atomic E-state index is -0.859. The first-order valence-electron chi connectivity index (χ1n) is 12.7. The Hall–Kier alpha value is -1.85. The Bertz CT molecular complexity index is 841. The third-order valence-corrected chi connectivity index (χ3v) is 8.42. The summed E-state index contributed by atoms with van der Waals surface area (Å²) in [5.41, 5.74) is 2.15. The molecule has 6 heteroatoms. The van der Waals surface area contributed by atoms with E-state index in [-0.39, 0.29) is 17.8 Å². The van der Waals surface area contributed by atoms with Crippen molar-refractivity contribution in [2.24, 2.45) is 11.8 Å². The molecule has 0 aliphatic heterocycles. The number of aromatic nitrogens is 2. The van der Waals surface area contributed by atoms with Gasteiger partial charge in [-0.15, -0.1) is 0 Å². The number of rotatable bonds is 5.